The van der Waals surface area contributed by atoms with Crippen LogP contribution in [0.3, 0.4) is 0 Å². The standard InChI is InChI=1S/C15H23N2O5P/c1-3-21-23(20,22-4-2)14(19)15(17,13(18)11-16)10-12-8-6-5-7-9-12/h5-9H,3-4,10-11,16-17H2,1-2H3/t15-/m0/s1. The van der Waals surface area contributed by atoms with Gasteiger partial charge in [0.25, 0.3) is 5.52 Å². The lowest BCUT2D eigenvalue weighted by atomic mass is 9.88. The van der Waals surface area contributed by atoms with Crippen LogP contribution < -0.4 is 11.5 Å². The summed E-state index contributed by atoms with van der Waals surface area (Å²) < 4.78 is 22.7. The van der Waals surface area contributed by atoms with Crippen LogP contribution in [0.4, 0.5) is 0 Å². The molecule has 0 aromatic heterocycles. The summed E-state index contributed by atoms with van der Waals surface area (Å²) >= 11 is 0. The smallest absolute Gasteiger partial charge is 0.324 e. The van der Waals surface area contributed by atoms with Crippen molar-refractivity contribution in [2.75, 3.05) is 19.8 Å². The Balaban J connectivity index is 3.26. The van der Waals surface area contributed by atoms with Crippen molar-refractivity contribution < 1.29 is 23.2 Å². The lowest BCUT2D eigenvalue weighted by molar-refractivity contribution is -0.131. The van der Waals surface area contributed by atoms with E-state index in [9.17, 15) is 14.2 Å². The number of nitrogens with two attached hydrogens (primary N) is 2. The van der Waals surface area contributed by atoms with Gasteiger partial charge < -0.3 is 20.5 Å². The SMILES string of the molecule is CCOP(=O)(OCC)C(=O)[C@](N)(Cc1ccccc1)C(=O)CN. The Hall–Kier alpha value is -1.37. The van der Waals surface area contributed by atoms with Crippen LogP contribution in [-0.2, 0) is 29.6 Å². The van der Waals surface area contributed by atoms with Crippen LogP contribution >= 0.6 is 7.60 Å². The minimum absolute atomic E-state index is 0.0126. The van der Waals surface area contributed by atoms with Crippen LogP contribution in [0.1, 0.15) is 19.4 Å². The van der Waals surface area contributed by atoms with Crippen LogP contribution in [-0.4, -0.2) is 36.6 Å². The predicted molar refractivity (Wildman–Crippen MR) is 87.0 cm³/mol. The summed E-state index contributed by atoms with van der Waals surface area (Å²) in [5, 5.41) is 0. The topological polar surface area (TPSA) is 122 Å². The third-order valence-corrected chi connectivity index (χ3v) is 5.33. The van der Waals surface area contributed by atoms with Gasteiger partial charge in [-0.3, -0.25) is 14.2 Å². The molecule has 1 aromatic carbocycles. The highest BCUT2D eigenvalue weighted by atomic mass is 31.2. The third kappa shape index (κ3) is 4.56. The van der Waals surface area contributed by atoms with Crippen LogP contribution in [0.25, 0.3) is 0 Å². The molecular formula is C15H23N2O5P. The fourth-order valence-corrected chi connectivity index (χ4v) is 3.81. The first-order valence-corrected chi connectivity index (χ1v) is 8.88. The first-order chi connectivity index (χ1) is 10.8. The predicted octanol–water partition coefficient (Wildman–Crippen LogP) is 1.25. The van der Waals surface area contributed by atoms with Gasteiger partial charge in [0.15, 0.2) is 11.3 Å². The Labute approximate surface area is 135 Å². The normalized spacial score (nSPS) is 14.3. The van der Waals surface area contributed by atoms with Crippen molar-refractivity contribution in [2.24, 2.45) is 11.5 Å². The molecule has 0 aliphatic rings. The molecule has 1 rings (SSSR count). The maximum atomic E-state index is 12.8. The second kappa shape index (κ2) is 8.47. The van der Waals surface area contributed by atoms with E-state index in [1.54, 1.807) is 44.2 Å². The molecule has 0 fully saturated rings. The van der Waals surface area contributed by atoms with E-state index in [4.69, 9.17) is 20.5 Å². The van der Waals surface area contributed by atoms with E-state index < -0.39 is 31.0 Å². The molecule has 0 saturated carbocycles. The first-order valence-electron chi connectivity index (χ1n) is 7.34. The zero-order valence-electron chi connectivity index (χ0n) is 13.4. The zero-order valence-corrected chi connectivity index (χ0v) is 14.3. The van der Waals surface area contributed by atoms with E-state index in [1.807, 2.05) is 0 Å². The lowest BCUT2D eigenvalue weighted by Gasteiger charge is -2.29. The van der Waals surface area contributed by atoms with E-state index in [0.29, 0.717) is 5.56 Å². The first kappa shape index (κ1) is 19.7. The second-order valence-corrected chi connectivity index (χ2v) is 6.82. The molecule has 0 radical (unpaired) electrons. The molecule has 0 heterocycles. The molecule has 0 amide bonds. The van der Waals surface area contributed by atoms with Crippen molar-refractivity contribution in [1.82, 2.24) is 0 Å². The minimum atomic E-state index is -4.18. The highest BCUT2D eigenvalue weighted by Crippen LogP contribution is 2.52. The van der Waals surface area contributed by atoms with Gasteiger partial charge in [-0.1, -0.05) is 30.3 Å². The van der Waals surface area contributed by atoms with Crippen LogP contribution in [0.5, 0.6) is 0 Å². The molecule has 0 aliphatic heterocycles. The van der Waals surface area contributed by atoms with Gasteiger partial charge in [0.05, 0.1) is 19.8 Å². The molecule has 1 aromatic rings. The van der Waals surface area contributed by atoms with E-state index in [2.05, 4.69) is 0 Å². The summed E-state index contributed by atoms with van der Waals surface area (Å²) in [6, 6.07) is 8.71. The Morgan fingerprint density at radius 2 is 1.65 bits per heavy atom. The van der Waals surface area contributed by atoms with Crippen molar-refractivity contribution in [3.05, 3.63) is 35.9 Å². The Morgan fingerprint density at radius 3 is 2.09 bits per heavy atom. The van der Waals surface area contributed by atoms with Gasteiger partial charge in [-0.2, -0.15) is 0 Å². The average Bonchev–Trinajstić information content (AvgIpc) is 2.54. The lowest BCUT2D eigenvalue weighted by Crippen LogP contribution is -2.58. The van der Waals surface area contributed by atoms with Crippen molar-refractivity contribution in [3.63, 3.8) is 0 Å². The summed E-state index contributed by atoms with van der Waals surface area (Å²) in [4.78, 5) is 25.0. The summed E-state index contributed by atoms with van der Waals surface area (Å²) in [7, 11) is -4.18. The summed E-state index contributed by atoms with van der Waals surface area (Å²) in [5.74, 6) is -0.717. The number of Topliss-reactive ketones (excluding diaryl/α,β-unsaturated/α-hetero) is 1. The molecule has 0 spiro atoms. The average molecular weight is 342 g/mol. The van der Waals surface area contributed by atoms with E-state index in [1.165, 1.54) is 0 Å². The molecular weight excluding hydrogens is 319 g/mol. The molecule has 23 heavy (non-hydrogen) atoms. The third-order valence-electron chi connectivity index (χ3n) is 3.24. The fraction of sp³-hybridized carbons (Fsp3) is 0.467. The molecule has 128 valence electrons. The molecule has 0 saturated heterocycles. The molecule has 7 nitrogen and oxygen atoms in total. The quantitative estimate of drug-likeness (QED) is 0.484. The monoisotopic (exact) mass is 342 g/mol. The molecule has 0 aliphatic carbocycles. The number of carbonyl (C=O) groups excluding carboxylic acids is 2. The van der Waals surface area contributed by atoms with E-state index >= 15 is 0 Å². The van der Waals surface area contributed by atoms with Crippen molar-refractivity contribution in [2.45, 2.75) is 25.8 Å². The number of rotatable bonds is 10. The Kier molecular flexibility index (Phi) is 7.25. The molecule has 0 bridgehead atoms. The maximum absolute atomic E-state index is 12.8. The van der Waals surface area contributed by atoms with Gasteiger partial charge in [-0.15, -0.1) is 0 Å². The van der Waals surface area contributed by atoms with Crippen LogP contribution in [0.2, 0.25) is 0 Å². The van der Waals surface area contributed by atoms with E-state index in [-0.39, 0.29) is 19.6 Å². The largest absolute Gasteiger partial charge is 0.399 e. The van der Waals surface area contributed by atoms with Gasteiger partial charge in [-0.25, -0.2) is 0 Å². The zero-order chi connectivity index (χ0) is 17.5. The maximum Gasteiger partial charge on any atom is 0.399 e. The minimum Gasteiger partial charge on any atom is -0.324 e. The highest BCUT2D eigenvalue weighted by Gasteiger charge is 2.51. The van der Waals surface area contributed by atoms with Gasteiger partial charge in [0.2, 0.25) is 0 Å². The van der Waals surface area contributed by atoms with Crippen LogP contribution in [0, 0.1) is 0 Å². The molecule has 4 N–H and O–H groups in total. The summed E-state index contributed by atoms with van der Waals surface area (Å²) in [6.45, 7) is 2.66. The van der Waals surface area contributed by atoms with Gasteiger partial charge in [0.1, 0.15) is 0 Å². The van der Waals surface area contributed by atoms with Crippen molar-refractivity contribution in [3.8, 4) is 0 Å². The van der Waals surface area contributed by atoms with Gasteiger partial charge in [0, 0.05) is 6.42 Å². The van der Waals surface area contributed by atoms with Crippen molar-refractivity contribution in [1.29, 1.82) is 0 Å². The molecule has 8 heteroatoms. The highest BCUT2D eigenvalue weighted by molar-refractivity contribution is 7.72. The number of hydrogen-bond acceptors (Lipinski definition) is 7. The second-order valence-electron chi connectivity index (χ2n) is 4.90. The number of hydrogen-bond donors (Lipinski definition) is 2. The van der Waals surface area contributed by atoms with Gasteiger partial charge >= 0.3 is 7.60 Å². The number of benzene rings is 1. The summed E-state index contributed by atoms with van der Waals surface area (Å²) in [5.41, 5.74) is 8.97. The van der Waals surface area contributed by atoms with Crippen molar-refractivity contribution >= 4 is 18.9 Å². The van der Waals surface area contributed by atoms with E-state index in [0.717, 1.165) is 0 Å². The molecule has 1 atom stereocenters. The van der Waals surface area contributed by atoms with Gasteiger partial charge in [-0.05, 0) is 19.4 Å². The molecule has 0 unspecified atom stereocenters. The fourth-order valence-electron chi connectivity index (χ4n) is 2.13. The Bertz CT molecular complexity index is 583. The number of carbonyl (C=O) groups is 2. The Morgan fingerprint density at radius 1 is 1.13 bits per heavy atom. The number of ketones is 1. The van der Waals surface area contributed by atoms with Crippen LogP contribution in [0.15, 0.2) is 30.3 Å². The summed E-state index contributed by atoms with van der Waals surface area (Å²) in [6.07, 6.45) is -0.132.